The molecule has 0 spiro atoms. The molecular formula is C19H23ClN4O2. The Balaban J connectivity index is 1.57. The molecule has 7 heteroatoms. The van der Waals surface area contributed by atoms with E-state index in [0.717, 1.165) is 38.3 Å². The van der Waals surface area contributed by atoms with E-state index in [1.54, 1.807) is 31.6 Å². The van der Waals surface area contributed by atoms with Crippen LogP contribution in [0.1, 0.15) is 23.2 Å². The third-order valence-corrected chi connectivity index (χ3v) is 5.07. The van der Waals surface area contributed by atoms with Crippen molar-refractivity contribution in [2.45, 2.75) is 12.8 Å². The summed E-state index contributed by atoms with van der Waals surface area (Å²) >= 11 is 6.15. The van der Waals surface area contributed by atoms with Gasteiger partial charge >= 0.3 is 0 Å². The van der Waals surface area contributed by atoms with E-state index in [2.05, 4.69) is 14.9 Å². The number of ether oxygens (including phenoxy) is 1. The number of carbonyl (C=O) groups is 1. The second-order valence-corrected chi connectivity index (χ2v) is 6.89. The molecule has 0 bridgehead atoms. The number of rotatable bonds is 5. The van der Waals surface area contributed by atoms with Crippen molar-refractivity contribution in [1.82, 2.24) is 14.9 Å². The number of carbonyl (C=O) groups excluding carboxylic acids is 1. The molecule has 1 aliphatic heterocycles. The predicted octanol–water partition coefficient (Wildman–Crippen LogP) is 3.13. The Kier molecular flexibility index (Phi) is 5.93. The maximum absolute atomic E-state index is 12.7. The second-order valence-electron chi connectivity index (χ2n) is 6.49. The van der Waals surface area contributed by atoms with Crippen LogP contribution in [0.15, 0.2) is 36.7 Å². The van der Waals surface area contributed by atoms with Gasteiger partial charge < -0.3 is 14.5 Å². The first-order chi connectivity index (χ1) is 12.6. The quantitative estimate of drug-likeness (QED) is 0.804. The maximum atomic E-state index is 12.7. The molecule has 3 rings (SSSR count). The van der Waals surface area contributed by atoms with E-state index >= 15 is 0 Å². The Hall–Kier alpha value is -2.34. The van der Waals surface area contributed by atoms with Gasteiger partial charge in [0, 0.05) is 39.1 Å². The Morgan fingerprint density at radius 1 is 1.27 bits per heavy atom. The molecular weight excluding hydrogens is 352 g/mol. The van der Waals surface area contributed by atoms with Gasteiger partial charge in [-0.15, -0.1) is 0 Å². The van der Waals surface area contributed by atoms with Gasteiger partial charge in [0.05, 0.1) is 17.7 Å². The molecule has 6 nitrogen and oxygen atoms in total. The van der Waals surface area contributed by atoms with E-state index in [-0.39, 0.29) is 5.91 Å². The minimum absolute atomic E-state index is 0.0120. The average molecular weight is 375 g/mol. The molecule has 0 N–H and O–H groups in total. The molecule has 2 aromatic rings. The zero-order chi connectivity index (χ0) is 18.5. The number of nitrogens with zero attached hydrogens (tertiary/aromatic N) is 4. The van der Waals surface area contributed by atoms with Crippen LogP contribution in [-0.4, -0.2) is 54.6 Å². The summed E-state index contributed by atoms with van der Waals surface area (Å²) in [4.78, 5) is 25.2. The van der Waals surface area contributed by atoms with E-state index in [1.807, 2.05) is 24.1 Å². The largest absolute Gasteiger partial charge is 0.478 e. The Morgan fingerprint density at radius 2 is 1.96 bits per heavy atom. The minimum atomic E-state index is 0.0120. The molecule has 2 heterocycles. The zero-order valence-electron chi connectivity index (χ0n) is 15.1. The maximum Gasteiger partial charge on any atom is 0.257 e. The van der Waals surface area contributed by atoms with Crippen molar-refractivity contribution >= 4 is 23.3 Å². The van der Waals surface area contributed by atoms with Crippen molar-refractivity contribution in [3.05, 3.63) is 47.2 Å². The van der Waals surface area contributed by atoms with E-state index in [1.165, 1.54) is 0 Å². The number of hydrogen-bond acceptors (Lipinski definition) is 5. The molecule has 1 fully saturated rings. The molecule has 1 saturated heterocycles. The normalized spacial score (nSPS) is 15.0. The summed E-state index contributed by atoms with van der Waals surface area (Å²) in [5, 5.41) is 0.508. The number of likely N-dealkylation sites (tertiary alicyclic amines) is 1. The van der Waals surface area contributed by atoms with E-state index in [9.17, 15) is 4.79 Å². The van der Waals surface area contributed by atoms with Crippen LogP contribution in [0.4, 0.5) is 5.82 Å². The summed E-state index contributed by atoms with van der Waals surface area (Å²) in [5.41, 5.74) is 0.578. The topological polar surface area (TPSA) is 58.6 Å². The number of aromatic nitrogens is 2. The number of halogens is 1. The highest BCUT2D eigenvalue weighted by atomic mass is 35.5. The van der Waals surface area contributed by atoms with Gasteiger partial charge in [-0.1, -0.05) is 23.7 Å². The van der Waals surface area contributed by atoms with Crippen LogP contribution in [0.2, 0.25) is 5.02 Å². The molecule has 26 heavy (non-hydrogen) atoms. The van der Waals surface area contributed by atoms with Crippen molar-refractivity contribution in [1.29, 1.82) is 0 Å². The van der Waals surface area contributed by atoms with Gasteiger partial charge in [0.1, 0.15) is 0 Å². The van der Waals surface area contributed by atoms with Crippen molar-refractivity contribution in [2.75, 3.05) is 38.7 Å². The highest BCUT2D eigenvalue weighted by Gasteiger charge is 2.26. The molecule has 1 aromatic heterocycles. The van der Waals surface area contributed by atoms with Crippen molar-refractivity contribution in [3.63, 3.8) is 0 Å². The molecule has 1 aliphatic rings. The second kappa shape index (κ2) is 8.36. The highest BCUT2D eigenvalue weighted by molar-refractivity contribution is 6.33. The third-order valence-electron chi connectivity index (χ3n) is 4.74. The summed E-state index contributed by atoms with van der Waals surface area (Å²) in [6.45, 7) is 2.32. The highest BCUT2D eigenvalue weighted by Crippen LogP contribution is 2.26. The van der Waals surface area contributed by atoms with Crippen LogP contribution < -0.4 is 9.64 Å². The monoisotopic (exact) mass is 374 g/mol. The number of benzene rings is 1. The summed E-state index contributed by atoms with van der Waals surface area (Å²) in [5.74, 6) is 1.77. The van der Waals surface area contributed by atoms with Gasteiger partial charge in [0.2, 0.25) is 0 Å². The standard InChI is InChI=1S/C19H23ClN4O2/c1-23(17-18(26-2)22-10-9-21-17)13-14-7-11-24(12-8-14)19(25)15-5-3-4-6-16(15)20/h3-6,9-10,14H,7-8,11-13H2,1-2H3. The third kappa shape index (κ3) is 4.07. The van der Waals surface area contributed by atoms with Gasteiger partial charge in [-0.05, 0) is 30.9 Å². The zero-order valence-corrected chi connectivity index (χ0v) is 15.8. The molecule has 138 valence electrons. The molecule has 0 saturated carbocycles. The van der Waals surface area contributed by atoms with Crippen LogP contribution in [0.25, 0.3) is 0 Å². The van der Waals surface area contributed by atoms with E-state index < -0.39 is 0 Å². The lowest BCUT2D eigenvalue weighted by molar-refractivity contribution is 0.0693. The van der Waals surface area contributed by atoms with E-state index in [0.29, 0.717) is 22.4 Å². The van der Waals surface area contributed by atoms with Gasteiger partial charge in [-0.3, -0.25) is 4.79 Å². The lowest BCUT2D eigenvalue weighted by Gasteiger charge is -2.34. The molecule has 0 atom stereocenters. The minimum Gasteiger partial charge on any atom is -0.478 e. The fourth-order valence-electron chi connectivity index (χ4n) is 3.32. The summed E-state index contributed by atoms with van der Waals surface area (Å²) < 4.78 is 5.28. The smallest absolute Gasteiger partial charge is 0.257 e. The first kappa shape index (κ1) is 18.5. The van der Waals surface area contributed by atoms with Crippen LogP contribution in [0, 0.1) is 5.92 Å². The summed E-state index contributed by atoms with van der Waals surface area (Å²) in [7, 11) is 3.59. The van der Waals surface area contributed by atoms with E-state index in [4.69, 9.17) is 16.3 Å². The Bertz CT molecular complexity index is 763. The van der Waals surface area contributed by atoms with Crippen LogP contribution >= 0.6 is 11.6 Å². The van der Waals surface area contributed by atoms with Crippen LogP contribution in [-0.2, 0) is 0 Å². The number of hydrogen-bond donors (Lipinski definition) is 0. The first-order valence-corrected chi connectivity index (χ1v) is 9.08. The average Bonchev–Trinajstić information content (AvgIpc) is 2.68. The number of anilines is 1. The molecule has 0 unspecified atom stereocenters. The number of amides is 1. The lowest BCUT2D eigenvalue weighted by atomic mass is 9.95. The Labute approximate surface area is 158 Å². The number of methoxy groups -OCH3 is 1. The summed E-state index contributed by atoms with van der Waals surface area (Å²) in [6.07, 6.45) is 5.18. The van der Waals surface area contributed by atoms with Gasteiger partial charge in [0.15, 0.2) is 5.82 Å². The van der Waals surface area contributed by atoms with Crippen molar-refractivity contribution < 1.29 is 9.53 Å². The van der Waals surface area contributed by atoms with Crippen LogP contribution in [0.5, 0.6) is 5.88 Å². The van der Waals surface area contributed by atoms with Gasteiger partial charge in [0.25, 0.3) is 11.8 Å². The molecule has 1 aromatic carbocycles. The van der Waals surface area contributed by atoms with Gasteiger partial charge in [-0.25, -0.2) is 9.97 Å². The fraction of sp³-hybridized carbons (Fsp3) is 0.421. The summed E-state index contributed by atoms with van der Waals surface area (Å²) in [6, 6.07) is 7.21. The van der Waals surface area contributed by atoms with Crippen molar-refractivity contribution in [3.8, 4) is 5.88 Å². The Morgan fingerprint density at radius 3 is 2.65 bits per heavy atom. The fourth-order valence-corrected chi connectivity index (χ4v) is 3.54. The first-order valence-electron chi connectivity index (χ1n) is 8.70. The molecule has 1 amide bonds. The van der Waals surface area contributed by atoms with Crippen molar-refractivity contribution in [2.24, 2.45) is 5.92 Å². The molecule has 0 aliphatic carbocycles. The number of piperidine rings is 1. The molecule has 0 radical (unpaired) electrons. The lowest BCUT2D eigenvalue weighted by Crippen LogP contribution is -2.41. The van der Waals surface area contributed by atoms with Crippen LogP contribution in [0.3, 0.4) is 0 Å². The SMILES string of the molecule is COc1nccnc1N(C)CC1CCN(C(=O)c2ccccc2Cl)CC1. The van der Waals surface area contributed by atoms with Gasteiger partial charge in [-0.2, -0.15) is 0 Å². The predicted molar refractivity (Wildman–Crippen MR) is 102 cm³/mol.